The quantitative estimate of drug-likeness (QED) is 0.829. The van der Waals surface area contributed by atoms with Gasteiger partial charge in [0.2, 0.25) is 0 Å². The van der Waals surface area contributed by atoms with Gasteiger partial charge in [0.05, 0.1) is 12.7 Å². The van der Waals surface area contributed by atoms with Crippen LogP contribution in [0.15, 0.2) is 29.3 Å². The maximum absolute atomic E-state index is 9.30. The molecule has 1 heterocycles. The number of aliphatic hydroxyl groups is 2. The van der Waals surface area contributed by atoms with Crippen LogP contribution >= 0.6 is 23.4 Å². The molecule has 0 saturated heterocycles. The summed E-state index contributed by atoms with van der Waals surface area (Å²) in [6.45, 7) is -0.258. The number of aromatic nitrogens is 2. The molecule has 0 amide bonds. The first-order valence-electron chi connectivity index (χ1n) is 5.05. The van der Waals surface area contributed by atoms with Gasteiger partial charge in [-0.05, 0) is 0 Å². The molecule has 0 bridgehead atoms. The number of hydrogen-bond acceptors (Lipinski definition) is 5. The molecular weight excluding hydrogens is 260 g/mol. The molecule has 6 heteroatoms. The van der Waals surface area contributed by atoms with Gasteiger partial charge in [0, 0.05) is 16.5 Å². The molecule has 0 aliphatic carbocycles. The van der Waals surface area contributed by atoms with Crippen molar-refractivity contribution < 1.29 is 10.2 Å². The summed E-state index contributed by atoms with van der Waals surface area (Å²) in [7, 11) is 0. The maximum atomic E-state index is 9.30. The molecule has 1 atom stereocenters. The second-order valence-corrected chi connectivity index (χ2v) is 4.86. The molecule has 1 aromatic heterocycles. The molecule has 17 heavy (non-hydrogen) atoms. The van der Waals surface area contributed by atoms with Crippen molar-refractivity contribution in [1.29, 1.82) is 0 Å². The first kappa shape index (κ1) is 12.6. The number of nitrogens with zero attached hydrogens (tertiary/aromatic N) is 2. The van der Waals surface area contributed by atoms with Gasteiger partial charge in [-0.1, -0.05) is 35.9 Å². The second kappa shape index (κ2) is 5.64. The number of rotatable bonds is 4. The summed E-state index contributed by atoms with van der Waals surface area (Å²) >= 11 is 7.30. The number of aliphatic hydroxyl groups excluding tert-OH is 2. The van der Waals surface area contributed by atoms with Crippen molar-refractivity contribution in [3.8, 4) is 0 Å². The molecule has 2 rings (SSSR count). The first-order chi connectivity index (χ1) is 8.22. The zero-order valence-electron chi connectivity index (χ0n) is 8.88. The number of benzene rings is 1. The number of fused-ring (bicyclic) bond motifs is 1. The summed E-state index contributed by atoms with van der Waals surface area (Å²) in [6, 6.07) is 7.56. The molecule has 2 N–H and O–H groups in total. The zero-order chi connectivity index (χ0) is 12.3. The van der Waals surface area contributed by atoms with E-state index in [4.69, 9.17) is 16.7 Å². The minimum absolute atomic E-state index is 0.258. The van der Waals surface area contributed by atoms with Crippen LogP contribution in [-0.4, -0.2) is 38.9 Å². The zero-order valence-corrected chi connectivity index (χ0v) is 10.4. The van der Waals surface area contributed by atoms with Gasteiger partial charge in [0.25, 0.3) is 0 Å². The van der Waals surface area contributed by atoms with Crippen LogP contribution in [0.25, 0.3) is 10.8 Å². The smallest absolute Gasteiger partial charge is 0.159 e. The lowest BCUT2D eigenvalue weighted by atomic mass is 10.2. The van der Waals surface area contributed by atoms with Gasteiger partial charge in [0.1, 0.15) is 5.03 Å². The Labute approximate surface area is 108 Å². The highest BCUT2D eigenvalue weighted by atomic mass is 35.5. The van der Waals surface area contributed by atoms with Gasteiger partial charge in [-0.15, -0.1) is 22.0 Å². The molecule has 0 fully saturated rings. The van der Waals surface area contributed by atoms with Gasteiger partial charge < -0.3 is 10.2 Å². The Kier molecular flexibility index (Phi) is 4.17. The summed E-state index contributed by atoms with van der Waals surface area (Å²) in [5.74, 6) is 0.372. The van der Waals surface area contributed by atoms with Crippen LogP contribution < -0.4 is 0 Å². The molecule has 0 aliphatic heterocycles. The Morgan fingerprint density at radius 2 is 1.94 bits per heavy atom. The van der Waals surface area contributed by atoms with Crippen LogP contribution in [-0.2, 0) is 0 Å². The van der Waals surface area contributed by atoms with Gasteiger partial charge in [0.15, 0.2) is 5.15 Å². The Morgan fingerprint density at radius 1 is 1.24 bits per heavy atom. The first-order valence-corrected chi connectivity index (χ1v) is 6.41. The van der Waals surface area contributed by atoms with Gasteiger partial charge in [-0.2, -0.15) is 0 Å². The third-order valence-corrected chi connectivity index (χ3v) is 3.64. The molecule has 1 unspecified atom stereocenters. The van der Waals surface area contributed by atoms with Gasteiger partial charge in [-0.25, -0.2) is 0 Å². The summed E-state index contributed by atoms with van der Waals surface area (Å²) in [6.07, 6.45) is -0.753. The van der Waals surface area contributed by atoms with Crippen molar-refractivity contribution in [2.45, 2.75) is 11.1 Å². The summed E-state index contributed by atoms with van der Waals surface area (Å²) in [4.78, 5) is 0. The molecule has 0 spiro atoms. The fourth-order valence-electron chi connectivity index (χ4n) is 1.38. The van der Waals surface area contributed by atoms with E-state index >= 15 is 0 Å². The van der Waals surface area contributed by atoms with E-state index in [0.29, 0.717) is 15.9 Å². The Hall–Kier alpha value is -0.880. The average molecular weight is 271 g/mol. The standard InChI is InChI=1S/C11H11ClN2O2S/c12-10-8-3-1-2-4-9(8)11(14-13-10)17-6-7(16)5-15/h1-4,7,15-16H,5-6H2. The molecule has 2 aromatic rings. The molecule has 0 radical (unpaired) electrons. The largest absolute Gasteiger partial charge is 0.394 e. The molecule has 90 valence electrons. The number of halogens is 1. The van der Waals surface area contributed by atoms with Crippen LogP contribution in [0.1, 0.15) is 0 Å². The van der Waals surface area contributed by atoms with Crippen LogP contribution in [0.4, 0.5) is 0 Å². The number of hydrogen-bond donors (Lipinski definition) is 2. The van der Waals surface area contributed by atoms with Crippen molar-refractivity contribution >= 4 is 34.1 Å². The molecule has 4 nitrogen and oxygen atoms in total. The monoisotopic (exact) mass is 270 g/mol. The summed E-state index contributed by atoms with van der Waals surface area (Å²) in [5.41, 5.74) is 0. The van der Waals surface area contributed by atoms with Crippen LogP contribution in [0.2, 0.25) is 5.15 Å². The van der Waals surface area contributed by atoms with E-state index in [1.807, 2.05) is 24.3 Å². The SMILES string of the molecule is OCC(O)CSc1nnc(Cl)c2ccccc12. The lowest BCUT2D eigenvalue weighted by Crippen LogP contribution is -2.14. The fraction of sp³-hybridized carbons (Fsp3) is 0.273. The van der Waals surface area contributed by atoms with E-state index in [2.05, 4.69) is 10.2 Å². The van der Waals surface area contributed by atoms with Crippen molar-refractivity contribution in [3.05, 3.63) is 29.4 Å². The normalized spacial score (nSPS) is 12.9. The lowest BCUT2D eigenvalue weighted by molar-refractivity contribution is 0.113. The van der Waals surface area contributed by atoms with Crippen LogP contribution in [0.3, 0.4) is 0 Å². The van der Waals surface area contributed by atoms with Crippen molar-refractivity contribution in [3.63, 3.8) is 0 Å². The Bertz CT molecular complexity index is 524. The highest BCUT2D eigenvalue weighted by Gasteiger charge is 2.10. The topological polar surface area (TPSA) is 66.2 Å². The fourth-order valence-corrected chi connectivity index (χ4v) is 2.47. The van der Waals surface area contributed by atoms with Gasteiger partial charge >= 0.3 is 0 Å². The predicted octanol–water partition coefficient (Wildman–Crippen LogP) is 1.73. The van der Waals surface area contributed by atoms with E-state index in [1.165, 1.54) is 11.8 Å². The van der Waals surface area contributed by atoms with Crippen molar-refractivity contribution in [1.82, 2.24) is 10.2 Å². The van der Waals surface area contributed by atoms with E-state index in [-0.39, 0.29) is 6.61 Å². The summed E-state index contributed by atoms with van der Waals surface area (Å²) in [5, 5.41) is 28.7. The van der Waals surface area contributed by atoms with E-state index in [1.54, 1.807) is 0 Å². The van der Waals surface area contributed by atoms with E-state index in [9.17, 15) is 5.11 Å². The Balaban J connectivity index is 2.32. The molecular formula is C11H11ClN2O2S. The number of thioether (sulfide) groups is 1. The highest BCUT2D eigenvalue weighted by molar-refractivity contribution is 7.99. The maximum Gasteiger partial charge on any atom is 0.159 e. The third kappa shape index (κ3) is 2.87. The molecule has 0 saturated carbocycles. The third-order valence-electron chi connectivity index (χ3n) is 2.23. The molecule has 1 aromatic carbocycles. The minimum atomic E-state index is -0.753. The Morgan fingerprint density at radius 3 is 2.65 bits per heavy atom. The average Bonchev–Trinajstić information content (AvgIpc) is 2.38. The van der Waals surface area contributed by atoms with Crippen molar-refractivity contribution in [2.75, 3.05) is 12.4 Å². The second-order valence-electron chi connectivity index (χ2n) is 3.49. The molecule has 0 aliphatic rings. The predicted molar refractivity (Wildman–Crippen MR) is 68.4 cm³/mol. The van der Waals surface area contributed by atoms with Gasteiger partial charge in [-0.3, -0.25) is 0 Å². The minimum Gasteiger partial charge on any atom is -0.394 e. The highest BCUT2D eigenvalue weighted by Crippen LogP contribution is 2.28. The van der Waals surface area contributed by atoms with E-state index < -0.39 is 6.10 Å². The summed E-state index contributed by atoms with van der Waals surface area (Å²) < 4.78 is 0. The van der Waals surface area contributed by atoms with Crippen LogP contribution in [0.5, 0.6) is 0 Å². The lowest BCUT2D eigenvalue weighted by Gasteiger charge is -2.08. The van der Waals surface area contributed by atoms with Crippen LogP contribution in [0, 0.1) is 0 Å². The van der Waals surface area contributed by atoms with E-state index in [0.717, 1.165) is 10.8 Å². The van der Waals surface area contributed by atoms with Crippen molar-refractivity contribution in [2.24, 2.45) is 0 Å².